The van der Waals surface area contributed by atoms with Crippen molar-refractivity contribution in [3.05, 3.63) is 65.2 Å². The van der Waals surface area contributed by atoms with Crippen LogP contribution in [-0.2, 0) is 6.61 Å². The lowest BCUT2D eigenvalue weighted by molar-refractivity contribution is 0.306. The van der Waals surface area contributed by atoms with Gasteiger partial charge in [-0.25, -0.2) is 0 Å². The van der Waals surface area contributed by atoms with E-state index in [9.17, 15) is 0 Å². The molecule has 0 aliphatic carbocycles. The molecule has 0 fully saturated rings. The molecule has 0 N–H and O–H groups in total. The van der Waals surface area contributed by atoms with E-state index in [1.54, 1.807) is 0 Å². The summed E-state index contributed by atoms with van der Waals surface area (Å²) in [6, 6.07) is 14.5. The van der Waals surface area contributed by atoms with E-state index < -0.39 is 0 Å². The van der Waals surface area contributed by atoms with E-state index in [1.165, 1.54) is 0 Å². The first-order valence-corrected chi connectivity index (χ1v) is 5.41. The third-order valence-electron chi connectivity index (χ3n) is 2.36. The van der Waals surface area contributed by atoms with Crippen molar-refractivity contribution in [1.29, 1.82) is 0 Å². The second-order valence-electron chi connectivity index (χ2n) is 3.96. The molecule has 0 aliphatic rings. The molecule has 0 spiro atoms. The molecule has 0 saturated heterocycles. The molecule has 0 amide bonds. The maximum absolute atomic E-state index is 7.78. The van der Waals surface area contributed by atoms with Gasteiger partial charge in [-0.05, 0) is 42.7 Å². The second-order valence-corrected chi connectivity index (χ2v) is 3.96. The molecule has 0 heterocycles. The summed E-state index contributed by atoms with van der Waals surface area (Å²) in [6.45, 7) is 4.44. The van der Waals surface area contributed by atoms with Crippen LogP contribution >= 0.6 is 0 Å². The van der Waals surface area contributed by atoms with Gasteiger partial charge < -0.3 is 4.74 Å². The Morgan fingerprint density at radius 3 is 2.31 bits per heavy atom. The Morgan fingerprint density at radius 1 is 1.06 bits per heavy atom. The molecule has 0 atom stereocenters. The van der Waals surface area contributed by atoms with E-state index in [-0.39, 0.29) is 0 Å². The highest BCUT2D eigenvalue weighted by Gasteiger charge is 1.97. The lowest BCUT2D eigenvalue weighted by atomic mass is 10.1. The van der Waals surface area contributed by atoms with E-state index >= 15 is 0 Å². The summed E-state index contributed by atoms with van der Waals surface area (Å²) < 4.78 is 13.5. The van der Waals surface area contributed by atoms with E-state index in [0.717, 1.165) is 22.4 Å². The molecule has 2 rings (SSSR count). The zero-order chi connectivity index (χ0) is 12.3. The largest absolute Gasteiger partial charge is 0.489 e. The molecule has 16 heavy (non-hydrogen) atoms. The van der Waals surface area contributed by atoms with Crippen LogP contribution in [0.5, 0.6) is 5.75 Å². The van der Waals surface area contributed by atoms with Crippen molar-refractivity contribution >= 4 is 0 Å². The molecule has 0 bridgehead atoms. The van der Waals surface area contributed by atoms with Gasteiger partial charge in [-0.2, -0.15) is 0 Å². The van der Waals surface area contributed by atoms with Gasteiger partial charge in [0.05, 0.1) is 1.37 Å². The highest BCUT2D eigenvalue weighted by molar-refractivity contribution is 5.33. The SMILES string of the molecule is [2H]c1c(C)cc(OCc2ccccc2)cc1C. The normalized spacial score (nSPS) is 11.0. The van der Waals surface area contributed by atoms with Crippen LogP contribution in [0.2, 0.25) is 0 Å². The number of hydrogen-bond acceptors (Lipinski definition) is 1. The summed E-state index contributed by atoms with van der Waals surface area (Å²) in [5.74, 6) is 0.833. The zero-order valence-corrected chi connectivity index (χ0v) is 9.66. The summed E-state index contributed by atoms with van der Waals surface area (Å²) in [5, 5.41) is 0. The molecular formula is C15H16O. The van der Waals surface area contributed by atoms with Crippen LogP contribution in [0.4, 0.5) is 0 Å². The number of rotatable bonds is 3. The minimum atomic E-state index is 0.567. The fraction of sp³-hybridized carbons (Fsp3) is 0.200. The van der Waals surface area contributed by atoms with Crippen LogP contribution in [-0.4, -0.2) is 0 Å². The van der Waals surface area contributed by atoms with Crippen molar-refractivity contribution in [2.45, 2.75) is 20.5 Å². The van der Waals surface area contributed by atoms with Crippen molar-refractivity contribution in [2.75, 3.05) is 0 Å². The predicted molar refractivity (Wildman–Crippen MR) is 66.7 cm³/mol. The van der Waals surface area contributed by atoms with Crippen molar-refractivity contribution in [2.24, 2.45) is 0 Å². The lowest BCUT2D eigenvalue weighted by Crippen LogP contribution is -1.95. The van der Waals surface area contributed by atoms with E-state index in [2.05, 4.69) is 0 Å². The third-order valence-corrected chi connectivity index (χ3v) is 2.36. The number of hydrogen-bond donors (Lipinski definition) is 0. The molecule has 0 saturated carbocycles. The molecule has 2 aromatic carbocycles. The molecule has 0 unspecified atom stereocenters. The van der Waals surface area contributed by atoms with Crippen LogP contribution < -0.4 is 4.74 Å². The van der Waals surface area contributed by atoms with Crippen LogP contribution in [0.1, 0.15) is 18.1 Å². The standard InChI is InChI=1S/C15H16O/c1-12-8-13(2)10-15(9-12)16-11-14-6-4-3-5-7-14/h3-10H,11H2,1-2H3/i8D. The first-order chi connectivity index (χ1) is 8.16. The molecule has 82 valence electrons. The van der Waals surface area contributed by atoms with E-state index in [4.69, 9.17) is 6.11 Å². The Kier molecular flexibility index (Phi) is 2.86. The van der Waals surface area contributed by atoms with Gasteiger partial charge in [-0.1, -0.05) is 36.4 Å². The highest BCUT2D eigenvalue weighted by Crippen LogP contribution is 2.17. The molecule has 2 aromatic rings. The smallest absolute Gasteiger partial charge is 0.120 e. The monoisotopic (exact) mass is 213 g/mol. The Bertz CT molecular complexity index is 483. The average Bonchev–Trinajstić information content (AvgIpc) is 2.34. The van der Waals surface area contributed by atoms with Gasteiger partial charge in [0.25, 0.3) is 0 Å². The number of benzene rings is 2. The summed E-state index contributed by atoms with van der Waals surface area (Å²) >= 11 is 0. The fourth-order valence-electron chi connectivity index (χ4n) is 1.68. The summed E-state index contributed by atoms with van der Waals surface area (Å²) in [6.07, 6.45) is 0. The average molecular weight is 213 g/mol. The topological polar surface area (TPSA) is 9.23 Å². The molecule has 1 nitrogen and oxygen atoms in total. The minimum absolute atomic E-state index is 0.567. The highest BCUT2D eigenvalue weighted by atomic mass is 16.5. The van der Waals surface area contributed by atoms with Gasteiger partial charge in [0.15, 0.2) is 0 Å². The predicted octanol–water partition coefficient (Wildman–Crippen LogP) is 3.88. The van der Waals surface area contributed by atoms with Gasteiger partial charge in [-0.3, -0.25) is 0 Å². The minimum Gasteiger partial charge on any atom is -0.489 e. The maximum Gasteiger partial charge on any atom is 0.120 e. The molecule has 0 aliphatic heterocycles. The van der Waals surface area contributed by atoms with E-state index in [1.807, 2.05) is 56.3 Å². The zero-order valence-electron chi connectivity index (χ0n) is 10.7. The fourth-order valence-corrected chi connectivity index (χ4v) is 1.68. The summed E-state index contributed by atoms with van der Waals surface area (Å²) in [7, 11) is 0. The van der Waals surface area contributed by atoms with Gasteiger partial charge in [0, 0.05) is 0 Å². The maximum atomic E-state index is 7.78. The number of aryl methyl sites for hydroxylation is 2. The van der Waals surface area contributed by atoms with Gasteiger partial charge in [0.1, 0.15) is 12.4 Å². The van der Waals surface area contributed by atoms with Crippen LogP contribution in [0.3, 0.4) is 0 Å². The molecule has 0 radical (unpaired) electrons. The van der Waals surface area contributed by atoms with Gasteiger partial charge >= 0.3 is 0 Å². The van der Waals surface area contributed by atoms with Gasteiger partial charge in [-0.15, -0.1) is 0 Å². The first kappa shape index (κ1) is 9.46. The number of ether oxygens (including phenoxy) is 1. The van der Waals surface area contributed by atoms with Crippen molar-refractivity contribution in [1.82, 2.24) is 0 Å². The Balaban J connectivity index is 2.10. The Labute approximate surface area is 98.1 Å². The Hall–Kier alpha value is -1.76. The molecule has 0 aromatic heterocycles. The third kappa shape index (κ3) is 2.86. The lowest BCUT2D eigenvalue weighted by Gasteiger charge is -2.08. The summed E-state index contributed by atoms with van der Waals surface area (Å²) in [4.78, 5) is 0. The van der Waals surface area contributed by atoms with Crippen LogP contribution in [0, 0.1) is 13.8 Å². The molecule has 1 heteroatoms. The van der Waals surface area contributed by atoms with Crippen LogP contribution in [0.25, 0.3) is 0 Å². The van der Waals surface area contributed by atoms with E-state index in [0.29, 0.717) is 12.6 Å². The quantitative estimate of drug-likeness (QED) is 0.751. The Morgan fingerprint density at radius 2 is 1.69 bits per heavy atom. The molecular weight excluding hydrogens is 196 g/mol. The van der Waals surface area contributed by atoms with Gasteiger partial charge in [0.2, 0.25) is 0 Å². The second kappa shape index (κ2) is 4.84. The van der Waals surface area contributed by atoms with Crippen molar-refractivity contribution in [3.63, 3.8) is 0 Å². The van der Waals surface area contributed by atoms with Crippen molar-refractivity contribution < 1.29 is 6.11 Å². The first-order valence-electron chi connectivity index (χ1n) is 5.91. The summed E-state index contributed by atoms with van der Waals surface area (Å²) in [5.41, 5.74) is 3.05. The van der Waals surface area contributed by atoms with Crippen LogP contribution in [0.15, 0.2) is 48.5 Å². The van der Waals surface area contributed by atoms with Crippen molar-refractivity contribution in [3.8, 4) is 5.75 Å².